The van der Waals surface area contributed by atoms with Gasteiger partial charge in [-0.15, -0.1) is 0 Å². The lowest BCUT2D eigenvalue weighted by Gasteiger charge is -2.42. The first-order chi connectivity index (χ1) is 11.5. The quantitative estimate of drug-likeness (QED) is 0.716. The summed E-state index contributed by atoms with van der Waals surface area (Å²) in [7, 11) is 0. The van der Waals surface area contributed by atoms with Crippen LogP contribution in [0.1, 0.15) is 39.5 Å². The van der Waals surface area contributed by atoms with E-state index in [1.807, 2.05) is 0 Å². The summed E-state index contributed by atoms with van der Waals surface area (Å²) in [5.74, 6) is -0.136. The van der Waals surface area contributed by atoms with E-state index in [1.165, 1.54) is 24.2 Å². The molecule has 2 N–H and O–H groups in total. The van der Waals surface area contributed by atoms with Crippen molar-refractivity contribution in [2.45, 2.75) is 57.2 Å². The van der Waals surface area contributed by atoms with Gasteiger partial charge < -0.3 is 15.4 Å². The van der Waals surface area contributed by atoms with E-state index in [9.17, 15) is 9.59 Å². The minimum Gasteiger partial charge on any atom is -0.379 e. The molecule has 3 aliphatic rings. The number of nitrogens with one attached hydrogen (secondary N) is 2. The lowest BCUT2D eigenvalue weighted by atomic mass is 9.89. The van der Waals surface area contributed by atoms with Gasteiger partial charge in [-0.1, -0.05) is 12.8 Å². The Balaban J connectivity index is 1.51. The summed E-state index contributed by atoms with van der Waals surface area (Å²) in [4.78, 5) is 28.0. The number of imide groups is 1. The van der Waals surface area contributed by atoms with Crippen molar-refractivity contribution in [1.82, 2.24) is 20.4 Å². The SMILES string of the molecule is CC1(C)NC(=O)N(CCN[C@H]2CCCC[C@H]2N2CCOCC2)C1=O. The summed E-state index contributed by atoms with van der Waals surface area (Å²) in [6.07, 6.45) is 4.90. The van der Waals surface area contributed by atoms with Gasteiger partial charge in [0.15, 0.2) is 0 Å². The summed E-state index contributed by atoms with van der Waals surface area (Å²) < 4.78 is 5.47. The van der Waals surface area contributed by atoms with Gasteiger partial charge in [0.1, 0.15) is 5.54 Å². The number of nitrogens with zero attached hydrogens (tertiary/aromatic N) is 2. The molecule has 2 aliphatic heterocycles. The number of ether oxygens (including phenoxy) is 1. The third-order valence-electron chi connectivity index (χ3n) is 5.43. The van der Waals surface area contributed by atoms with Crippen LogP contribution in [0.5, 0.6) is 0 Å². The molecule has 0 aromatic rings. The first-order valence-electron chi connectivity index (χ1n) is 9.18. The Hall–Kier alpha value is -1.18. The second-order valence-corrected chi connectivity index (χ2v) is 7.57. The predicted molar refractivity (Wildman–Crippen MR) is 90.8 cm³/mol. The van der Waals surface area contributed by atoms with Crippen LogP contribution in [0.15, 0.2) is 0 Å². The number of carbonyl (C=O) groups excluding carboxylic acids is 2. The number of urea groups is 1. The molecule has 2 atom stereocenters. The fourth-order valence-corrected chi connectivity index (χ4v) is 4.08. The minimum atomic E-state index is -0.780. The number of amides is 3. The molecular weight excluding hydrogens is 308 g/mol. The number of carbonyl (C=O) groups is 2. The average Bonchev–Trinajstić information content (AvgIpc) is 2.77. The van der Waals surface area contributed by atoms with E-state index in [-0.39, 0.29) is 11.9 Å². The molecule has 2 saturated heterocycles. The molecule has 24 heavy (non-hydrogen) atoms. The van der Waals surface area contributed by atoms with Crippen LogP contribution in [0, 0.1) is 0 Å². The van der Waals surface area contributed by atoms with E-state index in [4.69, 9.17) is 4.74 Å². The highest BCUT2D eigenvalue weighted by molar-refractivity contribution is 6.06. The number of hydrogen-bond acceptors (Lipinski definition) is 5. The third kappa shape index (κ3) is 3.73. The molecule has 1 saturated carbocycles. The van der Waals surface area contributed by atoms with Crippen LogP contribution in [0.2, 0.25) is 0 Å². The van der Waals surface area contributed by atoms with E-state index in [0.717, 1.165) is 32.7 Å². The van der Waals surface area contributed by atoms with Crippen molar-refractivity contribution < 1.29 is 14.3 Å². The molecule has 0 aromatic carbocycles. The van der Waals surface area contributed by atoms with Crippen molar-refractivity contribution in [3.8, 4) is 0 Å². The van der Waals surface area contributed by atoms with Gasteiger partial charge in [-0.3, -0.25) is 14.6 Å². The Morgan fingerprint density at radius 3 is 2.58 bits per heavy atom. The van der Waals surface area contributed by atoms with Crippen LogP contribution in [0.4, 0.5) is 4.79 Å². The number of morpholine rings is 1. The standard InChI is InChI=1S/C17H30N4O3/c1-17(2)15(22)21(16(23)19-17)8-7-18-13-5-3-4-6-14(13)20-9-11-24-12-10-20/h13-14,18H,3-12H2,1-2H3,(H,19,23)/t13-,14+/m0/s1. The van der Waals surface area contributed by atoms with Crippen molar-refractivity contribution in [3.63, 3.8) is 0 Å². The number of hydrogen-bond donors (Lipinski definition) is 2. The summed E-state index contributed by atoms with van der Waals surface area (Å²) in [6.45, 7) is 8.23. The molecule has 0 aromatic heterocycles. The highest BCUT2D eigenvalue weighted by Crippen LogP contribution is 2.24. The monoisotopic (exact) mass is 338 g/mol. The van der Waals surface area contributed by atoms with Crippen LogP contribution < -0.4 is 10.6 Å². The van der Waals surface area contributed by atoms with E-state index in [0.29, 0.717) is 25.2 Å². The van der Waals surface area contributed by atoms with Gasteiger partial charge in [0, 0.05) is 38.3 Å². The highest BCUT2D eigenvalue weighted by atomic mass is 16.5. The fraction of sp³-hybridized carbons (Fsp3) is 0.882. The maximum Gasteiger partial charge on any atom is 0.325 e. The van der Waals surface area contributed by atoms with Crippen LogP contribution in [0.3, 0.4) is 0 Å². The Morgan fingerprint density at radius 2 is 1.92 bits per heavy atom. The maximum atomic E-state index is 12.2. The second-order valence-electron chi connectivity index (χ2n) is 7.57. The van der Waals surface area contributed by atoms with Gasteiger partial charge in [0.05, 0.1) is 13.2 Å². The average molecular weight is 338 g/mol. The second kappa shape index (κ2) is 7.37. The number of rotatable bonds is 5. The van der Waals surface area contributed by atoms with E-state index >= 15 is 0 Å². The zero-order valence-corrected chi connectivity index (χ0v) is 14.8. The lowest BCUT2D eigenvalue weighted by Crippen LogP contribution is -2.55. The molecule has 7 heteroatoms. The van der Waals surface area contributed by atoms with Crippen LogP contribution >= 0.6 is 0 Å². The Morgan fingerprint density at radius 1 is 1.21 bits per heavy atom. The van der Waals surface area contributed by atoms with E-state index in [1.54, 1.807) is 13.8 Å². The molecule has 7 nitrogen and oxygen atoms in total. The van der Waals surface area contributed by atoms with Gasteiger partial charge in [-0.25, -0.2) is 4.79 Å². The summed E-state index contributed by atoms with van der Waals surface area (Å²) in [5.41, 5.74) is -0.780. The van der Waals surface area contributed by atoms with Crippen molar-refractivity contribution in [2.24, 2.45) is 0 Å². The topological polar surface area (TPSA) is 73.9 Å². The van der Waals surface area contributed by atoms with E-state index in [2.05, 4.69) is 15.5 Å². The predicted octanol–water partition coefficient (Wildman–Crippen LogP) is 0.550. The van der Waals surface area contributed by atoms with Crippen molar-refractivity contribution in [2.75, 3.05) is 39.4 Å². The lowest BCUT2D eigenvalue weighted by molar-refractivity contribution is -0.130. The van der Waals surface area contributed by atoms with Gasteiger partial charge in [-0.2, -0.15) is 0 Å². The summed E-state index contributed by atoms with van der Waals surface area (Å²) in [6, 6.07) is 0.702. The molecule has 0 unspecified atom stereocenters. The fourth-order valence-electron chi connectivity index (χ4n) is 4.08. The van der Waals surface area contributed by atoms with Gasteiger partial charge in [0.25, 0.3) is 5.91 Å². The van der Waals surface area contributed by atoms with Crippen LogP contribution in [-0.4, -0.2) is 78.8 Å². The minimum absolute atomic E-state index is 0.136. The Bertz CT molecular complexity index is 476. The van der Waals surface area contributed by atoms with Crippen LogP contribution in [0.25, 0.3) is 0 Å². The Kier molecular flexibility index (Phi) is 5.42. The molecule has 3 rings (SSSR count). The highest BCUT2D eigenvalue weighted by Gasteiger charge is 2.44. The molecule has 2 heterocycles. The Labute approximate surface area is 144 Å². The van der Waals surface area contributed by atoms with E-state index < -0.39 is 5.54 Å². The molecular formula is C17H30N4O3. The van der Waals surface area contributed by atoms with Crippen LogP contribution in [-0.2, 0) is 9.53 Å². The summed E-state index contributed by atoms with van der Waals surface area (Å²) >= 11 is 0. The smallest absolute Gasteiger partial charge is 0.325 e. The molecule has 136 valence electrons. The third-order valence-corrected chi connectivity index (χ3v) is 5.43. The van der Waals surface area contributed by atoms with Gasteiger partial charge >= 0.3 is 6.03 Å². The first-order valence-corrected chi connectivity index (χ1v) is 9.18. The van der Waals surface area contributed by atoms with Crippen molar-refractivity contribution >= 4 is 11.9 Å². The van der Waals surface area contributed by atoms with Gasteiger partial charge in [0.2, 0.25) is 0 Å². The molecule has 3 fully saturated rings. The molecule has 0 spiro atoms. The van der Waals surface area contributed by atoms with Crippen molar-refractivity contribution in [1.29, 1.82) is 0 Å². The normalized spacial score (nSPS) is 31.3. The maximum absolute atomic E-state index is 12.2. The largest absolute Gasteiger partial charge is 0.379 e. The van der Waals surface area contributed by atoms with Gasteiger partial charge in [-0.05, 0) is 26.7 Å². The molecule has 0 bridgehead atoms. The molecule has 3 amide bonds. The molecule has 1 aliphatic carbocycles. The van der Waals surface area contributed by atoms with Crippen molar-refractivity contribution in [3.05, 3.63) is 0 Å². The first kappa shape index (κ1) is 17.6. The molecule has 0 radical (unpaired) electrons. The zero-order chi connectivity index (χ0) is 17.2. The zero-order valence-electron chi connectivity index (χ0n) is 14.8. The summed E-state index contributed by atoms with van der Waals surface area (Å²) in [5, 5.41) is 6.34.